The lowest BCUT2D eigenvalue weighted by atomic mass is 10.1. The highest BCUT2D eigenvalue weighted by Crippen LogP contribution is 2.30. The number of fused-ring (bicyclic) bond motifs is 1. The minimum absolute atomic E-state index is 0.134. The highest BCUT2D eigenvalue weighted by atomic mass is 35.5. The Morgan fingerprint density at radius 3 is 2.69 bits per heavy atom. The van der Waals surface area contributed by atoms with Gasteiger partial charge in [-0.05, 0) is 55.2 Å². The molecular formula is C24H17Cl2N5O4S. The summed E-state index contributed by atoms with van der Waals surface area (Å²) in [7, 11) is 0. The van der Waals surface area contributed by atoms with Gasteiger partial charge < -0.3 is 5.32 Å². The van der Waals surface area contributed by atoms with Crippen LogP contribution < -0.4 is 16.2 Å². The molecular weight excluding hydrogens is 525 g/mol. The Kier molecular flexibility index (Phi) is 6.33. The Morgan fingerprint density at radius 2 is 1.94 bits per heavy atom. The van der Waals surface area contributed by atoms with Crippen LogP contribution >= 0.6 is 34.7 Å². The first-order valence-corrected chi connectivity index (χ1v) is 12.3. The minimum atomic E-state index is -0.831. The van der Waals surface area contributed by atoms with E-state index in [1.807, 2.05) is 0 Å². The maximum atomic E-state index is 13.3. The lowest BCUT2D eigenvalue weighted by Crippen LogP contribution is -2.45. The molecule has 9 nitrogen and oxygen atoms in total. The lowest BCUT2D eigenvalue weighted by Gasteiger charge is -2.24. The molecule has 12 heteroatoms. The third-order valence-corrected chi connectivity index (χ3v) is 7.35. The molecule has 4 aromatic rings. The number of amides is 3. The quantitative estimate of drug-likeness (QED) is 0.370. The highest BCUT2D eigenvalue weighted by molar-refractivity contribution is 7.08. The monoisotopic (exact) mass is 541 g/mol. The molecule has 0 radical (unpaired) electrons. The van der Waals surface area contributed by atoms with Crippen LogP contribution in [-0.4, -0.2) is 31.6 Å². The van der Waals surface area contributed by atoms with E-state index in [4.69, 9.17) is 23.2 Å². The molecule has 5 rings (SSSR count). The van der Waals surface area contributed by atoms with Gasteiger partial charge in [-0.15, -0.1) is 0 Å². The van der Waals surface area contributed by atoms with Gasteiger partial charge >= 0.3 is 0 Å². The van der Waals surface area contributed by atoms with Crippen molar-refractivity contribution in [3.05, 3.63) is 73.6 Å². The van der Waals surface area contributed by atoms with Crippen LogP contribution in [0.3, 0.4) is 0 Å². The lowest BCUT2D eigenvalue weighted by molar-refractivity contribution is -0.135. The molecule has 36 heavy (non-hydrogen) atoms. The number of aromatic nitrogens is 3. The maximum Gasteiger partial charge on any atom is 0.267 e. The smallest absolute Gasteiger partial charge is 0.267 e. The Bertz CT molecular complexity index is 1630. The van der Waals surface area contributed by atoms with Crippen molar-refractivity contribution in [1.82, 2.24) is 19.2 Å². The number of nitrogens with zero attached hydrogens (tertiary/aromatic N) is 3. The van der Waals surface area contributed by atoms with E-state index in [1.165, 1.54) is 4.57 Å². The molecule has 3 heterocycles. The number of carbonyl (C=O) groups is 3. The van der Waals surface area contributed by atoms with E-state index in [2.05, 4.69) is 20.0 Å². The van der Waals surface area contributed by atoms with Crippen molar-refractivity contribution in [2.24, 2.45) is 0 Å². The zero-order chi connectivity index (χ0) is 25.6. The summed E-state index contributed by atoms with van der Waals surface area (Å²) >= 11 is 13.1. The van der Waals surface area contributed by atoms with Gasteiger partial charge in [0.05, 0.1) is 26.8 Å². The van der Waals surface area contributed by atoms with Gasteiger partial charge in [0.25, 0.3) is 11.5 Å². The van der Waals surface area contributed by atoms with E-state index in [0.717, 1.165) is 17.1 Å². The van der Waals surface area contributed by atoms with Crippen LogP contribution in [0.1, 0.15) is 34.4 Å². The zero-order valence-corrected chi connectivity index (χ0v) is 21.0. The third-order valence-electron chi connectivity index (χ3n) is 5.83. The van der Waals surface area contributed by atoms with Crippen molar-refractivity contribution in [2.45, 2.75) is 25.8 Å². The zero-order valence-electron chi connectivity index (χ0n) is 18.7. The fourth-order valence-corrected chi connectivity index (χ4v) is 5.03. The third kappa shape index (κ3) is 4.39. The van der Waals surface area contributed by atoms with Crippen LogP contribution in [0.15, 0.2) is 47.3 Å². The molecule has 2 aromatic heterocycles. The van der Waals surface area contributed by atoms with Crippen LogP contribution in [0.25, 0.3) is 22.2 Å². The number of piperidine rings is 1. The van der Waals surface area contributed by atoms with Crippen LogP contribution in [0, 0.1) is 6.92 Å². The summed E-state index contributed by atoms with van der Waals surface area (Å²) in [6, 6.07) is 10.7. The Morgan fingerprint density at radius 1 is 1.14 bits per heavy atom. The predicted octanol–water partition coefficient (Wildman–Crippen LogP) is 4.37. The van der Waals surface area contributed by atoms with E-state index >= 15 is 0 Å². The van der Waals surface area contributed by atoms with Gasteiger partial charge in [-0.1, -0.05) is 35.3 Å². The van der Waals surface area contributed by atoms with E-state index in [-0.39, 0.29) is 24.1 Å². The normalized spacial score (nSPS) is 15.7. The van der Waals surface area contributed by atoms with Crippen LogP contribution in [0.4, 0.5) is 5.69 Å². The molecule has 1 saturated heterocycles. The number of carbonyl (C=O) groups excluding carboxylic acids is 3. The van der Waals surface area contributed by atoms with E-state index in [9.17, 15) is 19.2 Å². The van der Waals surface area contributed by atoms with Gasteiger partial charge in [0.15, 0.2) is 0 Å². The summed E-state index contributed by atoms with van der Waals surface area (Å²) in [5.74, 6) is -1.03. The Balaban J connectivity index is 1.46. The number of halogens is 2. The van der Waals surface area contributed by atoms with Gasteiger partial charge in [-0.2, -0.15) is 4.37 Å². The number of imide groups is 1. The molecule has 0 spiro atoms. The summed E-state index contributed by atoms with van der Waals surface area (Å²) in [4.78, 5) is 55.1. The summed E-state index contributed by atoms with van der Waals surface area (Å²) in [6.45, 7) is 1.61. The number of para-hydroxylation sites is 1. The van der Waals surface area contributed by atoms with Crippen LogP contribution in [0.2, 0.25) is 10.0 Å². The molecule has 0 saturated carbocycles. The predicted molar refractivity (Wildman–Crippen MR) is 138 cm³/mol. The molecule has 0 aliphatic carbocycles. The van der Waals surface area contributed by atoms with Crippen molar-refractivity contribution < 1.29 is 14.4 Å². The average molecular weight is 542 g/mol. The topological polar surface area (TPSA) is 123 Å². The summed E-state index contributed by atoms with van der Waals surface area (Å²) in [5, 5.41) is 6.11. The first kappa shape index (κ1) is 24.1. The van der Waals surface area contributed by atoms with Gasteiger partial charge in [0.1, 0.15) is 22.3 Å². The van der Waals surface area contributed by atoms with Crippen molar-refractivity contribution in [3.8, 4) is 11.3 Å². The van der Waals surface area contributed by atoms with Crippen molar-refractivity contribution >= 4 is 69.0 Å². The van der Waals surface area contributed by atoms with Crippen LogP contribution in [-0.2, 0) is 9.59 Å². The highest BCUT2D eigenvalue weighted by Gasteiger charge is 2.30. The summed E-state index contributed by atoms with van der Waals surface area (Å²) in [5.41, 5.74) is 1.51. The first-order valence-electron chi connectivity index (χ1n) is 10.8. The summed E-state index contributed by atoms with van der Waals surface area (Å²) in [6.07, 6.45) is 0.344. The van der Waals surface area contributed by atoms with Gasteiger partial charge in [-0.25, -0.2) is 4.98 Å². The van der Waals surface area contributed by atoms with Crippen molar-refractivity contribution in [2.75, 3.05) is 5.32 Å². The molecule has 182 valence electrons. The van der Waals surface area contributed by atoms with Gasteiger partial charge in [0, 0.05) is 12.0 Å². The second-order valence-corrected chi connectivity index (χ2v) is 9.78. The fraction of sp³-hybridized carbons (Fsp3) is 0.167. The molecule has 3 amide bonds. The second kappa shape index (κ2) is 9.45. The van der Waals surface area contributed by atoms with E-state index < -0.39 is 23.4 Å². The van der Waals surface area contributed by atoms with Crippen molar-refractivity contribution in [3.63, 3.8) is 0 Å². The largest absolute Gasteiger partial charge is 0.319 e. The van der Waals surface area contributed by atoms with Crippen molar-refractivity contribution in [1.29, 1.82) is 0 Å². The fourth-order valence-electron chi connectivity index (χ4n) is 4.08. The standard InChI is InChI=1S/C24H17Cl2N5O4S/c1-11-27-21-13(24(35)31(11)18-7-8-20(32)29-22(18)33)3-2-4-16(21)28-23(34)19-10-17(30-36-19)12-5-6-14(25)15(26)9-12/h2-6,9-10,18H,7-8H2,1H3,(H,28,34)(H,29,32,33). The number of aryl methyl sites for hydroxylation is 1. The second-order valence-electron chi connectivity index (χ2n) is 8.16. The number of benzene rings is 2. The number of hydrogen-bond donors (Lipinski definition) is 2. The molecule has 0 bridgehead atoms. The molecule has 1 atom stereocenters. The molecule has 2 N–H and O–H groups in total. The number of nitrogens with one attached hydrogen (secondary N) is 2. The van der Waals surface area contributed by atoms with Gasteiger partial charge in [0.2, 0.25) is 11.8 Å². The van der Waals surface area contributed by atoms with E-state index in [0.29, 0.717) is 37.6 Å². The Hall–Kier alpha value is -3.60. The first-order chi connectivity index (χ1) is 17.2. The number of hydrogen-bond acceptors (Lipinski definition) is 7. The summed E-state index contributed by atoms with van der Waals surface area (Å²) < 4.78 is 5.63. The molecule has 2 aromatic carbocycles. The average Bonchev–Trinajstić information content (AvgIpc) is 3.33. The molecule has 1 aliphatic rings. The maximum absolute atomic E-state index is 13.3. The number of anilines is 1. The molecule has 1 unspecified atom stereocenters. The molecule has 1 aliphatic heterocycles. The van der Waals surface area contributed by atoms with Gasteiger partial charge in [-0.3, -0.25) is 29.1 Å². The number of rotatable bonds is 4. The minimum Gasteiger partial charge on any atom is -0.319 e. The SMILES string of the molecule is Cc1nc2c(NC(=O)c3cc(-c4ccc(Cl)c(Cl)c4)ns3)cccc2c(=O)n1C1CCC(=O)NC1=O. The Labute approximate surface area is 218 Å². The van der Waals surface area contributed by atoms with Crippen LogP contribution in [0.5, 0.6) is 0 Å². The molecule has 1 fully saturated rings. The van der Waals surface area contributed by atoms with E-state index in [1.54, 1.807) is 49.4 Å².